The molecule has 3 heteroatoms. The number of benzene rings is 1. The SMILES string of the molecule is CC(CF)c1cc(I)cc(I)c1. The molecule has 0 saturated heterocycles. The molecule has 1 atom stereocenters. The van der Waals surface area contributed by atoms with Gasteiger partial charge in [0.05, 0.1) is 6.67 Å². The standard InChI is InChI=1S/C9H9FI2/c1-6(5-10)7-2-8(11)4-9(12)3-7/h2-4,6H,5H2,1H3. The highest BCUT2D eigenvalue weighted by Gasteiger charge is 2.05. The van der Waals surface area contributed by atoms with Crippen molar-refractivity contribution in [3.8, 4) is 0 Å². The molecule has 1 aromatic carbocycles. The molecule has 1 rings (SSSR count). The quantitative estimate of drug-likeness (QED) is 0.671. The predicted molar refractivity (Wildman–Crippen MR) is 66.3 cm³/mol. The third-order valence-corrected chi connectivity index (χ3v) is 2.93. The molecule has 0 amide bonds. The Morgan fingerprint density at radius 2 is 1.75 bits per heavy atom. The first-order chi connectivity index (χ1) is 5.63. The summed E-state index contributed by atoms with van der Waals surface area (Å²) in [5, 5.41) is 0. The zero-order valence-electron chi connectivity index (χ0n) is 6.65. The minimum absolute atomic E-state index is 0.0215. The Bertz CT molecular complexity index is 253. The van der Waals surface area contributed by atoms with Gasteiger partial charge in [-0.15, -0.1) is 0 Å². The third kappa shape index (κ3) is 2.83. The van der Waals surface area contributed by atoms with E-state index in [4.69, 9.17) is 0 Å². The number of hydrogen-bond acceptors (Lipinski definition) is 0. The first-order valence-electron chi connectivity index (χ1n) is 3.65. The molecule has 0 fully saturated rings. The highest BCUT2D eigenvalue weighted by atomic mass is 127. The van der Waals surface area contributed by atoms with Gasteiger partial charge in [-0.3, -0.25) is 4.39 Å². The summed E-state index contributed by atoms with van der Waals surface area (Å²) in [6.07, 6.45) is 0. The van der Waals surface area contributed by atoms with E-state index in [-0.39, 0.29) is 12.6 Å². The van der Waals surface area contributed by atoms with Crippen molar-refractivity contribution < 1.29 is 4.39 Å². The molecular weight excluding hydrogens is 381 g/mol. The van der Waals surface area contributed by atoms with E-state index >= 15 is 0 Å². The van der Waals surface area contributed by atoms with E-state index in [1.807, 2.05) is 19.1 Å². The fraction of sp³-hybridized carbons (Fsp3) is 0.333. The molecule has 0 aliphatic carbocycles. The van der Waals surface area contributed by atoms with Crippen LogP contribution in [0, 0.1) is 7.14 Å². The zero-order chi connectivity index (χ0) is 9.14. The predicted octanol–water partition coefficient (Wildman–Crippen LogP) is 3.97. The molecule has 0 aliphatic heterocycles. The Balaban J connectivity index is 3.00. The molecule has 0 heterocycles. The summed E-state index contributed by atoms with van der Waals surface area (Å²) in [6, 6.07) is 6.15. The van der Waals surface area contributed by atoms with E-state index in [0.717, 1.165) is 5.56 Å². The van der Waals surface area contributed by atoms with Crippen LogP contribution in [-0.4, -0.2) is 6.67 Å². The molecule has 0 spiro atoms. The molecule has 1 unspecified atom stereocenters. The van der Waals surface area contributed by atoms with Gasteiger partial charge in [0.1, 0.15) is 0 Å². The van der Waals surface area contributed by atoms with Gasteiger partial charge in [0.15, 0.2) is 0 Å². The molecule has 0 saturated carbocycles. The molecule has 66 valence electrons. The van der Waals surface area contributed by atoms with E-state index in [2.05, 4.69) is 51.2 Å². The second-order valence-corrected chi connectivity index (χ2v) is 5.25. The maximum Gasteiger partial charge on any atom is 0.0960 e. The van der Waals surface area contributed by atoms with Crippen LogP contribution in [0.4, 0.5) is 4.39 Å². The Hall–Kier alpha value is 0.610. The van der Waals surface area contributed by atoms with Crippen molar-refractivity contribution in [2.75, 3.05) is 6.67 Å². The first kappa shape index (κ1) is 10.7. The van der Waals surface area contributed by atoms with Gasteiger partial charge < -0.3 is 0 Å². The highest BCUT2D eigenvalue weighted by molar-refractivity contribution is 14.1. The topological polar surface area (TPSA) is 0 Å². The summed E-state index contributed by atoms with van der Waals surface area (Å²) in [5.41, 5.74) is 1.09. The maximum absolute atomic E-state index is 12.3. The average Bonchev–Trinajstić information content (AvgIpc) is 2.01. The Labute approximate surface area is 99.2 Å². The molecular formula is C9H9FI2. The second kappa shape index (κ2) is 4.74. The van der Waals surface area contributed by atoms with Crippen LogP contribution in [0.15, 0.2) is 18.2 Å². The summed E-state index contributed by atoms with van der Waals surface area (Å²) in [6.45, 7) is 1.62. The van der Waals surface area contributed by atoms with Gasteiger partial charge in [0.2, 0.25) is 0 Å². The van der Waals surface area contributed by atoms with Crippen molar-refractivity contribution >= 4 is 45.2 Å². The van der Waals surface area contributed by atoms with Crippen LogP contribution < -0.4 is 0 Å². The van der Waals surface area contributed by atoms with Crippen LogP contribution in [-0.2, 0) is 0 Å². The largest absolute Gasteiger partial charge is 0.250 e. The smallest absolute Gasteiger partial charge is 0.0960 e. The number of halogens is 3. The maximum atomic E-state index is 12.3. The van der Waals surface area contributed by atoms with Crippen molar-refractivity contribution in [2.24, 2.45) is 0 Å². The summed E-state index contributed by atoms with van der Waals surface area (Å²) in [7, 11) is 0. The number of alkyl halides is 1. The number of hydrogen-bond donors (Lipinski definition) is 0. The van der Waals surface area contributed by atoms with E-state index in [0.29, 0.717) is 0 Å². The van der Waals surface area contributed by atoms with Gasteiger partial charge in [-0.25, -0.2) is 0 Å². The van der Waals surface area contributed by atoms with Crippen LogP contribution >= 0.6 is 45.2 Å². The second-order valence-electron chi connectivity index (χ2n) is 2.76. The van der Waals surface area contributed by atoms with Crippen molar-refractivity contribution in [2.45, 2.75) is 12.8 Å². The summed E-state index contributed by atoms with van der Waals surface area (Å²) < 4.78 is 14.7. The lowest BCUT2D eigenvalue weighted by Crippen LogP contribution is -1.96. The molecule has 1 aromatic rings. The molecule has 0 nitrogen and oxygen atoms in total. The molecule has 0 aromatic heterocycles. The minimum atomic E-state index is -0.282. The first-order valence-corrected chi connectivity index (χ1v) is 5.81. The van der Waals surface area contributed by atoms with Gasteiger partial charge in [-0.1, -0.05) is 6.92 Å². The van der Waals surface area contributed by atoms with E-state index < -0.39 is 0 Å². The van der Waals surface area contributed by atoms with E-state index in [1.165, 1.54) is 7.14 Å². The lowest BCUT2D eigenvalue weighted by molar-refractivity contribution is 0.447. The van der Waals surface area contributed by atoms with Crippen LogP contribution in [0.1, 0.15) is 18.4 Å². The van der Waals surface area contributed by atoms with Crippen molar-refractivity contribution in [1.82, 2.24) is 0 Å². The van der Waals surface area contributed by atoms with Crippen molar-refractivity contribution in [3.63, 3.8) is 0 Å². The third-order valence-electron chi connectivity index (χ3n) is 1.69. The Kier molecular flexibility index (Phi) is 4.22. The Morgan fingerprint density at radius 1 is 1.25 bits per heavy atom. The Morgan fingerprint density at radius 3 is 2.17 bits per heavy atom. The molecule has 0 N–H and O–H groups in total. The molecule has 12 heavy (non-hydrogen) atoms. The molecule has 0 aliphatic rings. The summed E-state index contributed by atoms with van der Waals surface area (Å²) in [5.74, 6) is 0.0215. The van der Waals surface area contributed by atoms with Gasteiger partial charge in [-0.05, 0) is 68.9 Å². The van der Waals surface area contributed by atoms with Crippen LogP contribution in [0.2, 0.25) is 0 Å². The van der Waals surface area contributed by atoms with Crippen LogP contribution in [0.25, 0.3) is 0 Å². The average molecular weight is 390 g/mol. The fourth-order valence-corrected chi connectivity index (χ4v) is 2.93. The monoisotopic (exact) mass is 390 g/mol. The molecule has 0 bridgehead atoms. The normalized spacial score (nSPS) is 13.0. The lowest BCUT2D eigenvalue weighted by atomic mass is 10.0. The van der Waals surface area contributed by atoms with E-state index in [9.17, 15) is 4.39 Å². The van der Waals surface area contributed by atoms with Crippen LogP contribution in [0.3, 0.4) is 0 Å². The van der Waals surface area contributed by atoms with E-state index in [1.54, 1.807) is 0 Å². The summed E-state index contributed by atoms with van der Waals surface area (Å²) in [4.78, 5) is 0. The van der Waals surface area contributed by atoms with Gasteiger partial charge in [0, 0.05) is 13.1 Å². The highest BCUT2D eigenvalue weighted by Crippen LogP contribution is 2.21. The molecule has 0 radical (unpaired) electrons. The van der Waals surface area contributed by atoms with Crippen molar-refractivity contribution in [1.29, 1.82) is 0 Å². The van der Waals surface area contributed by atoms with Gasteiger partial charge in [-0.2, -0.15) is 0 Å². The summed E-state index contributed by atoms with van der Waals surface area (Å²) >= 11 is 4.51. The number of rotatable bonds is 2. The fourth-order valence-electron chi connectivity index (χ4n) is 0.949. The minimum Gasteiger partial charge on any atom is -0.250 e. The zero-order valence-corrected chi connectivity index (χ0v) is 11.0. The lowest BCUT2D eigenvalue weighted by Gasteiger charge is -2.07. The van der Waals surface area contributed by atoms with Crippen molar-refractivity contribution in [3.05, 3.63) is 30.9 Å². The van der Waals surface area contributed by atoms with Gasteiger partial charge >= 0.3 is 0 Å². The van der Waals surface area contributed by atoms with Crippen LogP contribution in [0.5, 0.6) is 0 Å². The van der Waals surface area contributed by atoms with Gasteiger partial charge in [0.25, 0.3) is 0 Å².